The maximum Gasteiger partial charge on any atom is 0.211 e. The Morgan fingerprint density at radius 3 is 3.00 bits per heavy atom. The number of benzene rings is 1. The van der Waals surface area contributed by atoms with Crippen molar-refractivity contribution < 1.29 is 9.84 Å². The highest BCUT2D eigenvalue weighted by Gasteiger charge is 2.02. The molecule has 1 N–H and O–H groups in total. The maximum atomic E-state index is 9.66. The van der Waals surface area contributed by atoms with E-state index in [-0.39, 0.29) is 5.75 Å². The monoisotopic (exact) mass is 317 g/mol. The smallest absolute Gasteiger partial charge is 0.211 e. The molecule has 0 fully saturated rings. The second kappa shape index (κ2) is 7.61. The molecule has 1 aromatic heterocycles. The summed E-state index contributed by atoms with van der Waals surface area (Å²) >= 11 is 1.54. The maximum absolute atomic E-state index is 9.66. The first-order chi connectivity index (χ1) is 10.7. The van der Waals surface area contributed by atoms with Gasteiger partial charge in [-0.2, -0.15) is 5.10 Å². The minimum atomic E-state index is 0.119. The van der Waals surface area contributed by atoms with Gasteiger partial charge in [-0.25, -0.2) is 0 Å². The standard InChI is InChI=1S/C16H19N3O2S/c1-4-8-19-12(3)11-22-16(19)18-17-10-13-6-7-14(20)15(9-13)21-5-2/h4,6-7,9-11,20H,1,5,8H2,2-3H3/b17-10+,18-16+. The number of aromatic hydroxyl groups is 1. The van der Waals surface area contributed by atoms with Crippen LogP contribution >= 0.6 is 11.3 Å². The van der Waals surface area contributed by atoms with Crippen LogP contribution in [0.2, 0.25) is 0 Å². The second-order valence-corrected chi connectivity index (χ2v) is 5.40. The third-order valence-electron chi connectivity index (χ3n) is 2.94. The molecular weight excluding hydrogens is 298 g/mol. The fourth-order valence-corrected chi connectivity index (χ4v) is 2.72. The van der Waals surface area contributed by atoms with E-state index in [2.05, 4.69) is 16.8 Å². The molecule has 0 amide bonds. The van der Waals surface area contributed by atoms with Crippen molar-refractivity contribution in [1.29, 1.82) is 0 Å². The highest BCUT2D eigenvalue weighted by atomic mass is 32.1. The molecule has 0 aliphatic carbocycles. The Bertz CT molecular complexity index is 744. The van der Waals surface area contributed by atoms with Crippen molar-refractivity contribution in [3.63, 3.8) is 0 Å². The molecule has 2 aromatic rings. The predicted octanol–water partition coefficient (Wildman–Crippen LogP) is 3.08. The van der Waals surface area contributed by atoms with Gasteiger partial charge in [0.25, 0.3) is 0 Å². The number of rotatable bonds is 6. The first-order valence-corrected chi connectivity index (χ1v) is 7.82. The molecule has 1 heterocycles. The predicted molar refractivity (Wildman–Crippen MR) is 89.7 cm³/mol. The number of phenolic OH excluding ortho intramolecular Hbond substituents is 1. The number of aromatic nitrogens is 1. The molecule has 2 rings (SSSR count). The van der Waals surface area contributed by atoms with Gasteiger partial charge < -0.3 is 14.4 Å². The van der Waals surface area contributed by atoms with Gasteiger partial charge in [0.15, 0.2) is 11.5 Å². The quantitative estimate of drug-likeness (QED) is 0.505. The summed E-state index contributed by atoms with van der Waals surface area (Å²) in [6, 6.07) is 5.07. The Hall–Kier alpha value is -2.34. The van der Waals surface area contributed by atoms with Crippen molar-refractivity contribution in [1.82, 2.24) is 4.57 Å². The summed E-state index contributed by atoms with van der Waals surface area (Å²) in [5, 5.41) is 20.1. The van der Waals surface area contributed by atoms with Crippen LogP contribution in [-0.2, 0) is 6.54 Å². The van der Waals surface area contributed by atoms with Crippen molar-refractivity contribution >= 4 is 17.6 Å². The zero-order valence-corrected chi connectivity index (χ0v) is 13.5. The van der Waals surface area contributed by atoms with Crippen LogP contribution in [0.4, 0.5) is 0 Å². The minimum Gasteiger partial charge on any atom is -0.504 e. The summed E-state index contributed by atoms with van der Waals surface area (Å²) in [5.74, 6) is 0.564. The summed E-state index contributed by atoms with van der Waals surface area (Å²) in [5.41, 5.74) is 1.94. The van der Waals surface area contributed by atoms with Crippen molar-refractivity contribution in [3.05, 3.63) is 52.3 Å². The zero-order valence-electron chi connectivity index (χ0n) is 12.7. The van der Waals surface area contributed by atoms with Gasteiger partial charge in [0.2, 0.25) is 4.80 Å². The van der Waals surface area contributed by atoms with E-state index in [1.165, 1.54) is 11.3 Å². The zero-order chi connectivity index (χ0) is 15.9. The number of phenols is 1. The van der Waals surface area contributed by atoms with Crippen molar-refractivity contribution in [3.8, 4) is 11.5 Å². The third-order valence-corrected chi connectivity index (χ3v) is 3.91. The van der Waals surface area contributed by atoms with Crippen LogP contribution in [0.15, 0.2) is 46.4 Å². The molecule has 0 saturated heterocycles. The largest absolute Gasteiger partial charge is 0.504 e. The van der Waals surface area contributed by atoms with Crippen molar-refractivity contribution in [2.45, 2.75) is 20.4 Å². The molecule has 1 aromatic carbocycles. The molecule has 22 heavy (non-hydrogen) atoms. The van der Waals surface area contributed by atoms with Crippen LogP contribution in [0.25, 0.3) is 0 Å². The van der Waals surface area contributed by atoms with E-state index in [0.29, 0.717) is 18.9 Å². The molecule has 5 nitrogen and oxygen atoms in total. The molecule has 0 aliphatic rings. The Kier molecular flexibility index (Phi) is 5.55. The SMILES string of the molecule is C=CCn1c(C)cs/c1=N/N=C/c1ccc(O)c(OCC)c1. The van der Waals surface area contributed by atoms with Crippen LogP contribution in [0.1, 0.15) is 18.2 Å². The van der Waals surface area contributed by atoms with Crippen molar-refractivity contribution in [2.75, 3.05) is 6.61 Å². The van der Waals surface area contributed by atoms with Gasteiger partial charge in [0.05, 0.1) is 12.8 Å². The average molecular weight is 317 g/mol. The fourth-order valence-electron chi connectivity index (χ4n) is 1.87. The number of ether oxygens (including phenoxy) is 1. The molecular formula is C16H19N3O2S. The van der Waals surface area contributed by atoms with E-state index < -0.39 is 0 Å². The topological polar surface area (TPSA) is 59.1 Å². The molecule has 116 valence electrons. The number of hydrogen-bond donors (Lipinski definition) is 1. The molecule has 0 bridgehead atoms. The van der Waals surface area contributed by atoms with Gasteiger partial charge in [0.1, 0.15) is 0 Å². The Morgan fingerprint density at radius 1 is 1.45 bits per heavy atom. The molecule has 0 unspecified atom stereocenters. The fraction of sp³-hybridized carbons (Fsp3) is 0.250. The first-order valence-electron chi connectivity index (χ1n) is 6.94. The van der Waals surface area contributed by atoms with Crippen LogP contribution in [-0.4, -0.2) is 22.5 Å². The van der Waals surface area contributed by atoms with Gasteiger partial charge in [-0.15, -0.1) is 23.0 Å². The van der Waals surface area contributed by atoms with E-state index in [0.717, 1.165) is 16.1 Å². The Morgan fingerprint density at radius 2 is 2.27 bits per heavy atom. The van der Waals surface area contributed by atoms with Crippen LogP contribution in [0, 0.1) is 6.92 Å². The normalized spacial score (nSPS) is 12.0. The summed E-state index contributed by atoms with van der Waals surface area (Å²) in [6.07, 6.45) is 3.46. The lowest BCUT2D eigenvalue weighted by atomic mass is 10.2. The summed E-state index contributed by atoms with van der Waals surface area (Å²) in [6.45, 7) is 8.84. The molecule has 0 spiro atoms. The van der Waals surface area contributed by atoms with E-state index in [9.17, 15) is 5.11 Å². The number of thiazole rings is 1. The third kappa shape index (κ3) is 3.85. The van der Waals surface area contributed by atoms with Crippen LogP contribution in [0.3, 0.4) is 0 Å². The summed E-state index contributed by atoms with van der Waals surface area (Å²) in [4.78, 5) is 0.817. The molecule has 0 atom stereocenters. The molecule has 6 heteroatoms. The van der Waals surface area contributed by atoms with Gasteiger partial charge in [-0.05, 0) is 37.6 Å². The average Bonchev–Trinajstić information content (AvgIpc) is 2.84. The lowest BCUT2D eigenvalue weighted by Crippen LogP contribution is -2.14. The number of nitrogens with zero attached hydrogens (tertiary/aromatic N) is 3. The lowest BCUT2D eigenvalue weighted by Gasteiger charge is -2.05. The van der Waals surface area contributed by atoms with E-state index in [4.69, 9.17) is 4.74 Å². The van der Waals surface area contributed by atoms with Gasteiger partial charge in [-0.1, -0.05) is 6.08 Å². The highest BCUT2D eigenvalue weighted by molar-refractivity contribution is 7.07. The van der Waals surface area contributed by atoms with E-state index in [1.54, 1.807) is 24.4 Å². The van der Waals surface area contributed by atoms with Gasteiger partial charge in [0, 0.05) is 17.6 Å². The van der Waals surface area contributed by atoms with E-state index >= 15 is 0 Å². The molecule has 0 radical (unpaired) electrons. The second-order valence-electron chi connectivity index (χ2n) is 4.56. The molecule has 0 saturated carbocycles. The van der Waals surface area contributed by atoms with E-state index in [1.807, 2.05) is 29.9 Å². The highest BCUT2D eigenvalue weighted by Crippen LogP contribution is 2.26. The number of hydrogen-bond acceptors (Lipinski definition) is 5. The Balaban J connectivity index is 2.24. The first kappa shape index (κ1) is 16.0. The minimum absolute atomic E-state index is 0.119. The van der Waals surface area contributed by atoms with Gasteiger partial charge >= 0.3 is 0 Å². The van der Waals surface area contributed by atoms with Crippen LogP contribution < -0.4 is 9.54 Å². The summed E-state index contributed by atoms with van der Waals surface area (Å²) in [7, 11) is 0. The Labute approximate surface area is 133 Å². The van der Waals surface area contributed by atoms with Gasteiger partial charge in [-0.3, -0.25) is 0 Å². The lowest BCUT2D eigenvalue weighted by molar-refractivity contribution is 0.318. The van der Waals surface area contributed by atoms with Crippen molar-refractivity contribution in [2.24, 2.45) is 10.2 Å². The summed E-state index contributed by atoms with van der Waals surface area (Å²) < 4.78 is 7.38. The number of aryl methyl sites for hydroxylation is 1. The molecule has 0 aliphatic heterocycles. The van der Waals surface area contributed by atoms with Crippen LogP contribution in [0.5, 0.6) is 11.5 Å². The number of allylic oxidation sites excluding steroid dienone is 1.